The number of ether oxygens (including phenoxy) is 1. The summed E-state index contributed by atoms with van der Waals surface area (Å²) in [6.07, 6.45) is 0.786. The molecule has 2 rings (SSSR count). The van der Waals surface area contributed by atoms with Crippen LogP contribution >= 0.6 is 0 Å². The molecule has 0 radical (unpaired) electrons. The highest BCUT2D eigenvalue weighted by Crippen LogP contribution is 2.25. The Morgan fingerprint density at radius 2 is 2.33 bits per heavy atom. The van der Waals surface area contributed by atoms with Crippen LogP contribution in [0.1, 0.15) is 5.89 Å². The molecule has 2 aromatic rings. The predicted molar refractivity (Wildman–Crippen MR) is 58.2 cm³/mol. The van der Waals surface area contributed by atoms with Gasteiger partial charge in [0.25, 0.3) is 0 Å². The maximum absolute atomic E-state index is 5.58. The zero-order valence-electron chi connectivity index (χ0n) is 8.91. The van der Waals surface area contributed by atoms with Gasteiger partial charge in [-0.1, -0.05) is 6.07 Å². The highest BCUT2D eigenvalue weighted by molar-refractivity contribution is 5.79. The molecule has 0 saturated heterocycles. The lowest BCUT2D eigenvalue weighted by atomic mass is 10.3. The predicted octanol–water partition coefficient (Wildman–Crippen LogP) is 1.60. The van der Waals surface area contributed by atoms with E-state index in [1.54, 1.807) is 7.11 Å². The lowest BCUT2D eigenvalue weighted by Gasteiger charge is -1.96. The summed E-state index contributed by atoms with van der Waals surface area (Å²) in [6, 6.07) is 5.68. The molecular weight excluding hydrogens is 192 g/mol. The Kier molecular flexibility index (Phi) is 2.87. The number of fused-ring (bicyclic) bond motifs is 1. The summed E-state index contributed by atoms with van der Waals surface area (Å²) in [5.74, 6) is 1.50. The zero-order chi connectivity index (χ0) is 10.7. The first-order valence-electron chi connectivity index (χ1n) is 4.92. The first-order valence-corrected chi connectivity index (χ1v) is 4.92. The summed E-state index contributed by atoms with van der Waals surface area (Å²) in [7, 11) is 3.54. The number of likely N-dealkylation sites (N-methyl/N-ethyl adjacent to an activating group) is 1. The Labute approximate surface area is 88.3 Å². The third-order valence-corrected chi connectivity index (χ3v) is 2.24. The van der Waals surface area contributed by atoms with Gasteiger partial charge in [0.2, 0.25) is 0 Å². The van der Waals surface area contributed by atoms with Crippen LogP contribution in [0.15, 0.2) is 22.6 Å². The summed E-state index contributed by atoms with van der Waals surface area (Å²) >= 11 is 0. The van der Waals surface area contributed by atoms with E-state index in [0.29, 0.717) is 0 Å². The summed E-state index contributed by atoms with van der Waals surface area (Å²) in [4.78, 5) is 4.39. The van der Waals surface area contributed by atoms with E-state index in [2.05, 4.69) is 10.3 Å². The summed E-state index contributed by atoms with van der Waals surface area (Å²) in [5.41, 5.74) is 1.58. The molecular formula is C11H14N2O2. The number of para-hydroxylation sites is 1. The minimum absolute atomic E-state index is 0.740. The second kappa shape index (κ2) is 4.31. The normalized spacial score (nSPS) is 10.8. The third kappa shape index (κ3) is 1.94. The lowest BCUT2D eigenvalue weighted by Crippen LogP contribution is -2.10. The van der Waals surface area contributed by atoms with Crippen molar-refractivity contribution in [3.63, 3.8) is 0 Å². The molecule has 0 amide bonds. The van der Waals surface area contributed by atoms with Crippen LogP contribution in [0.4, 0.5) is 0 Å². The van der Waals surface area contributed by atoms with Gasteiger partial charge in [-0.15, -0.1) is 0 Å². The lowest BCUT2D eigenvalue weighted by molar-refractivity contribution is 0.419. The van der Waals surface area contributed by atoms with Crippen molar-refractivity contribution < 1.29 is 9.15 Å². The molecule has 0 fully saturated rings. The van der Waals surface area contributed by atoms with Gasteiger partial charge in [-0.25, -0.2) is 4.98 Å². The average molecular weight is 206 g/mol. The monoisotopic (exact) mass is 206 g/mol. The quantitative estimate of drug-likeness (QED) is 0.825. The van der Waals surface area contributed by atoms with E-state index in [9.17, 15) is 0 Å². The van der Waals surface area contributed by atoms with Gasteiger partial charge in [0, 0.05) is 13.0 Å². The number of rotatable bonds is 4. The molecule has 1 aromatic carbocycles. The van der Waals surface area contributed by atoms with Gasteiger partial charge in [-0.05, 0) is 19.2 Å². The van der Waals surface area contributed by atoms with Gasteiger partial charge in [0.15, 0.2) is 17.0 Å². The maximum atomic E-state index is 5.58. The van der Waals surface area contributed by atoms with Crippen LogP contribution in [0.2, 0.25) is 0 Å². The van der Waals surface area contributed by atoms with Crippen molar-refractivity contribution in [2.75, 3.05) is 20.7 Å². The molecule has 0 aliphatic heterocycles. The van der Waals surface area contributed by atoms with E-state index < -0.39 is 0 Å². The van der Waals surface area contributed by atoms with Crippen molar-refractivity contribution in [1.29, 1.82) is 0 Å². The molecule has 1 heterocycles. The first-order chi connectivity index (χ1) is 7.35. The molecule has 80 valence electrons. The van der Waals surface area contributed by atoms with Crippen molar-refractivity contribution in [2.45, 2.75) is 6.42 Å². The molecule has 0 aliphatic carbocycles. The largest absolute Gasteiger partial charge is 0.494 e. The zero-order valence-corrected chi connectivity index (χ0v) is 8.91. The van der Waals surface area contributed by atoms with E-state index in [1.807, 2.05) is 25.2 Å². The molecule has 0 bridgehead atoms. The van der Waals surface area contributed by atoms with Crippen LogP contribution in [-0.2, 0) is 6.42 Å². The van der Waals surface area contributed by atoms with Crippen molar-refractivity contribution in [1.82, 2.24) is 10.3 Å². The summed E-state index contributed by atoms with van der Waals surface area (Å²) in [5, 5.41) is 3.06. The molecule has 4 heteroatoms. The number of hydrogen-bond acceptors (Lipinski definition) is 4. The summed E-state index contributed by atoms with van der Waals surface area (Å²) < 4.78 is 10.8. The van der Waals surface area contributed by atoms with Gasteiger partial charge >= 0.3 is 0 Å². The molecule has 0 spiro atoms. The first kappa shape index (κ1) is 9.98. The van der Waals surface area contributed by atoms with Gasteiger partial charge < -0.3 is 14.5 Å². The second-order valence-electron chi connectivity index (χ2n) is 3.27. The van der Waals surface area contributed by atoms with E-state index in [-0.39, 0.29) is 0 Å². The molecule has 0 unspecified atom stereocenters. The number of aromatic nitrogens is 1. The van der Waals surface area contributed by atoms with Crippen molar-refractivity contribution in [2.24, 2.45) is 0 Å². The van der Waals surface area contributed by atoms with Crippen LogP contribution in [0.5, 0.6) is 5.75 Å². The Hall–Kier alpha value is -1.55. The molecule has 15 heavy (non-hydrogen) atoms. The Bertz CT molecular complexity index is 451. The number of benzene rings is 1. The molecule has 1 N–H and O–H groups in total. The van der Waals surface area contributed by atoms with Crippen molar-refractivity contribution in [3.8, 4) is 5.75 Å². The van der Waals surface area contributed by atoms with Crippen LogP contribution in [0.3, 0.4) is 0 Å². The highest BCUT2D eigenvalue weighted by atomic mass is 16.5. The van der Waals surface area contributed by atoms with Crippen LogP contribution in [0, 0.1) is 0 Å². The molecule has 0 atom stereocenters. The second-order valence-corrected chi connectivity index (χ2v) is 3.27. The average Bonchev–Trinajstić information content (AvgIpc) is 2.68. The molecule has 0 aliphatic rings. The van der Waals surface area contributed by atoms with E-state index in [1.165, 1.54) is 0 Å². The molecule has 4 nitrogen and oxygen atoms in total. The number of methoxy groups -OCH3 is 1. The van der Waals surface area contributed by atoms with E-state index >= 15 is 0 Å². The van der Waals surface area contributed by atoms with E-state index in [4.69, 9.17) is 9.15 Å². The minimum Gasteiger partial charge on any atom is -0.494 e. The van der Waals surface area contributed by atoms with Crippen molar-refractivity contribution in [3.05, 3.63) is 24.1 Å². The Balaban J connectivity index is 2.37. The van der Waals surface area contributed by atoms with Gasteiger partial charge in [0.05, 0.1) is 7.11 Å². The Morgan fingerprint density at radius 3 is 3.07 bits per heavy atom. The maximum Gasteiger partial charge on any atom is 0.196 e. The molecule has 0 saturated carbocycles. The number of hydrogen-bond donors (Lipinski definition) is 1. The van der Waals surface area contributed by atoms with Gasteiger partial charge in [-0.3, -0.25) is 0 Å². The Morgan fingerprint density at radius 1 is 1.47 bits per heavy atom. The van der Waals surface area contributed by atoms with Crippen molar-refractivity contribution >= 4 is 11.1 Å². The van der Waals surface area contributed by atoms with Crippen LogP contribution in [0.25, 0.3) is 11.1 Å². The van der Waals surface area contributed by atoms with Gasteiger partial charge in [0.1, 0.15) is 5.75 Å². The minimum atomic E-state index is 0.740. The smallest absolute Gasteiger partial charge is 0.196 e. The number of oxazole rings is 1. The SMILES string of the molecule is CNCCc1nc2c(OC)cccc2o1. The highest BCUT2D eigenvalue weighted by Gasteiger charge is 2.09. The fraction of sp³-hybridized carbons (Fsp3) is 0.364. The topological polar surface area (TPSA) is 47.3 Å². The fourth-order valence-corrected chi connectivity index (χ4v) is 1.47. The molecule has 1 aromatic heterocycles. The van der Waals surface area contributed by atoms with Crippen LogP contribution in [-0.4, -0.2) is 25.7 Å². The standard InChI is InChI=1S/C11H14N2O2/c1-12-7-6-10-13-11-8(14-2)4-3-5-9(11)15-10/h3-5,12H,6-7H2,1-2H3. The number of nitrogens with zero attached hydrogens (tertiary/aromatic N) is 1. The summed E-state index contributed by atoms with van der Waals surface area (Å²) in [6.45, 7) is 0.856. The van der Waals surface area contributed by atoms with E-state index in [0.717, 1.165) is 35.7 Å². The number of nitrogens with one attached hydrogen (secondary N) is 1. The van der Waals surface area contributed by atoms with Crippen LogP contribution < -0.4 is 10.1 Å². The fourth-order valence-electron chi connectivity index (χ4n) is 1.47. The third-order valence-electron chi connectivity index (χ3n) is 2.24. The van der Waals surface area contributed by atoms with Gasteiger partial charge in [-0.2, -0.15) is 0 Å².